The quantitative estimate of drug-likeness (QED) is 0.508. The lowest BCUT2D eigenvalue weighted by Crippen LogP contribution is -2.01. The molecule has 1 aliphatic rings. The molecule has 0 nitrogen and oxygen atoms in total. The molecule has 0 fully saturated rings. The van der Waals surface area contributed by atoms with Crippen LogP contribution in [0.25, 0.3) is 17.2 Å². The summed E-state index contributed by atoms with van der Waals surface area (Å²) < 4.78 is 0. The van der Waals surface area contributed by atoms with E-state index in [9.17, 15) is 0 Å². The SMILES string of the molecule is Cc1ccccc1C1C=Cc2cccc(-c3ccc(Cl)cc3)c21. The molecule has 0 saturated heterocycles. The molecule has 1 heteroatoms. The number of rotatable bonds is 2. The molecular formula is C22H17Cl. The maximum absolute atomic E-state index is 6.05. The molecule has 0 amide bonds. The van der Waals surface area contributed by atoms with E-state index in [0.29, 0.717) is 5.92 Å². The van der Waals surface area contributed by atoms with Crippen LogP contribution in [0.4, 0.5) is 0 Å². The van der Waals surface area contributed by atoms with Gasteiger partial charge in [-0.25, -0.2) is 0 Å². The highest BCUT2D eigenvalue weighted by atomic mass is 35.5. The Morgan fingerprint density at radius 3 is 2.39 bits per heavy atom. The molecule has 112 valence electrons. The molecule has 3 aromatic rings. The van der Waals surface area contributed by atoms with Gasteiger partial charge in [0.2, 0.25) is 0 Å². The second-order valence-corrected chi connectivity index (χ2v) is 6.45. The van der Waals surface area contributed by atoms with Crippen molar-refractivity contribution in [3.8, 4) is 11.1 Å². The average molecular weight is 317 g/mol. The van der Waals surface area contributed by atoms with Crippen LogP contribution in [0.5, 0.6) is 0 Å². The molecule has 0 N–H and O–H groups in total. The Hall–Kier alpha value is -2.31. The van der Waals surface area contributed by atoms with Crippen LogP contribution in [0, 0.1) is 6.92 Å². The molecular weight excluding hydrogens is 300 g/mol. The van der Waals surface area contributed by atoms with Gasteiger partial charge in [-0.3, -0.25) is 0 Å². The summed E-state index contributed by atoms with van der Waals surface area (Å²) >= 11 is 6.05. The number of allylic oxidation sites excluding steroid dienone is 1. The average Bonchev–Trinajstić information content (AvgIpc) is 3.00. The summed E-state index contributed by atoms with van der Waals surface area (Å²) in [4.78, 5) is 0. The molecule has 1 aliphatic carbocycles. The third kappa shape index (κ3) is 2.50. The van der Waals surface area contributed by atoms with Gasteiger partial charge >= 0.3 is 0 Å². The van der Waals surface area contributed by atoms with Gasteiger partial charge in [-0.2, -0.15) is 0 Å². The van der Waals surface area contributed by atoms with Crippen molar-refractivity contribution >= 4 is 17.7 Å². The highest BCUT2D eigenvalue weighted by Gasteiger charge is 2.23. The minimum atomic E-state index is 0.318. The molecule has 4 rings (SSSR count). The van der Waals surface area contributed by atoms with Crippen LogP contribution < -0.4 is 0 Å². The third-order valence-corrected chi connectivity index (χ3v) is 4.85. The summed E-state index contributed by atoms with van der Waals surface area (Å²) in [6.07, 6.45) is 4.55. The zero-order chi connectivity index (χ0) is 15.8. The fraction of sp³-hybridized carbons (Fsp3) is 0.0909. The summed E-state index contributed by atoms with van der Waals surface area (Å²) in [6.45, 7) is 2.19. The fourth-order valence-corrected chi connectivity index (χ4v) is 3.57. The van der Waals surface area contributed by atoms with Crippen LogP contribution >= 0.6 is 11.6 Å². The molecule has 0 aromatic heterocycles. The monoisotopic (exact) mass is 316 g/mol. The largest absolute Gasteiger partial charge is 0.0843 e. The van der Waals surface area contributed by atoms with Crippen molar-refractivity contribution in [2.75, 3.05) is 0 Å². The number of hydrogen-bond donors (Lipinski definition) is 0. The van der Waals surface area contributed by atoms with Crippen molar-refractivity contribution in [2.45, 2.75) is 12.8 Å². The first-order valence-electron chi connectivity index (χ1n) is 7.86. The van der Waals surface area contributed by atoms with Gasteiger partial charge in [-0.05, 0) is 52.4 Å². The number of fused-ring (bicyclic) bond motifs is 1. The van der Waals surface area contributed by atoms with Gasteiger partial charge in [0.15, 0.2) is 0 Å². The summed E-state index contributed by atoms with van der Waals surface area (Å²) in [5.41, 5.74) is 7.92. The van der Waals surface area contributed by atoms with E-state index in [1.165, 1.54) is 33.4 Å². The van der Waals surface area contributed by atoms with E-state index < -0.39 is 0 Å². The Balaban J connectivity index is 1.89. The Bertz CT molecular complexity index is 888. The number of benzene rings is 3. The molecule has 0 aliphatic heterocycles. The number of aryl methyl sites for hydroxylation is 1. The van der Waals surface area contributed by atoms with Gasteiger partial charge in [-0.1, -0.05) is 78.4 Å². The van der Waals surface area contributed by atoms with E-state index in [4.69, 9.17) is 11.6 Å². The van der Waals surface area contributed by atoms with Crippen LogP contribution in [0.2, 0.25) is 5.02 Å². The van der Waals surface area contributed by atoms with Crippen LogP contribution in [-0.4, -0.2) is 0 Å². The van der Waals surface area contributed by atoms with Crippen LogP contribution in [-0.2, 0) is 0 Å². The number of halogens is 1. The van der Waals surface area contributed by atoms with E-state index in [1.54, 1.807) is 0 Å². The zero-order valence-corrected chi connectivity index (χ0v) is 13.7. The minimum Gasteiger partial charge on any atom is -0.0843 e. The Labute approximate surface area is 142 Å². The van der Waals surface area contributed by atoms with Gasteiger partial charge in [0.1, 0.15) is 0 Å². The fourth-order valence-electron chi connectivity index (χ4n) is 3.45. The molecule has 1 unspecified atom stereocenters. The van der Waals surface area contributed by atoms with Crippen LogP contribution in [0.1, 0.15) is 28.2 Å². The van der Waals surface area contributed by atoms with E-state index in [1.807, 2.05) is 12.1 Å². The lowest BCUT2D eigenvalue weighted by Gasteiger charge is -2.18. The Kier molecular flexibility index (Phi) is 3.55. The second kappa shape index (κ2) is 5.72. The first-order chi connectivity index (χ1) is 11.2. The van der Waals surface area contributed by atoms with Gasteiger partial charge < -0.3 is 0 Å². The first kappa shape index (κ1) is 14.3. The topological polar surface area (TPSA) is 0 Å². The molecule has 1 atom stereocenters. The zero-order valence-electron chi connectivity index (χ0n) is 13.0. The Morgan fingerprint density at radius 2 is 1.61 bits per heavy atom. The van der Waals surface area contributed by atoms with Gasteiger partial charge in [0, 0.05) is 10.9 Å². The predicted molar refractivity (Wildman–Crippen MR) is 98.9 cm³/mol. The Morgan fingerprint density at radius 1 is 0.826 bits per heavy atom. The van der Waals surface area contributed by atoms with Gasteiger partial charge in [0.25, 0.3) is 0 Å². The molecule has 0 radical (unpaired) electrons. The molecule has 0 heterocycles. The van der Waals surface area contributed by atoms with Crippen molar-refractivity contribution in [3.05, 3.63) is 100 Å². The minimum absolute atomic E-state index is 0.318. The van der Waals surface area contributed by atoms with Gasteiger partial charge in [0.05, 0.1) is 0 Å². The van der Waals surface area contributed by atoms with Gasteiger partial charge in [-0.15, -0.1) is 0 Å². The number of hydrogen-bond acceptors (Lipinski definition) is 0. The normalized spacial score (nSPS) is 15.7. The summed E-state index contributed by atoms with van der Waals surface area (Å²) in [7, 11) is 0. The highest BCUT2D eigenvalue weighted by molar-refractivity contribution is 6.30. The molecule has 23 heavy (non-hydrogen) atoms. The van der Waals surface area contributed by atoms with E-state index >= 15 is 0 Å². The standard InChI is InChI=1S/C22H17Cl/c1-15-5-2-3-7-19(15)21-14-11-17-6-4-8-20(22(17)21)16-9-12-18(23)13-10-16/h2-14,21H,1H3. The summed E-state index contributed by atoms with van der Waals surface area (Å²) in [5.74, 6) is 0.318. The highest BCUT2D eigenvalue weighted by Crippen LogP contribution is 2.42. The van der Waals surface area contributed by atoms with Crippen molar-refractivity contribution < 1.29 is 0 Å². The van der Waals surface area contributed by atoms with E-state index in [0.717, 1.165) is 5.02 Å². The van der Waals surface area contributed by atoms with Crippen molar-refractivity contribution in [1.82, 2.24) is 0 Å². The maximum atomic E-state index is 6.05. The van der Waals surface area contributed by atoms with E-state index in [-0.39, 0.29) is 0 Å². The van der Waals surface area contributed by atoms with Crippen LogP contribution in [0.15, 0.2) is 72.8 Å². The van der Waals surface area contributed by atoms with E-state index in [2.05, 4.69) is 73.7 Å². The molecule has 3 aromatic carbocycles. The lowest BCUT2D eigenvalue weighted by atomic mass is 9.85. The predicted octanol–water partition coefficient (Wildman–Crippen LogP) is 6.47. The van der Waals surface area contributed by atoms with Crippen molar-refractivity contribution in [1.29, 1.82) is 0 Å². The molecule has 0 bridgehead atoms. The van der Waals surface area contributed by atoms with Crippen LogP contribution in [0.3, 0.4) is 0 Å². The first-order valence-corrected chi connectivity index (χ1v) is 8.24. The third-order valence-electron chi connectivity index (χ3n) is 4.60. The van der Waals surface area contributed by atoms with Crippen molar-refractivity contribution in [2.24, 2.45) is 0 Å². The summed E-state index contributed by atoms with van der Waals surface area (Å²) in [5, 5.41) is 0.773. The second-order valence-electron chi connectivity index (χ2n) is 6.01. The smallest absolute Gasteiger partial charge is 0.0406 e. The lowest BCUT2D eigenvalue weighted by molar-refractivity contribution is 1.03. The molecule has 0 saturated carbocycles. The maximum Gasteiger partial charge on any atom is 0.0406 e. The molecule has 0 spiro atoms. The van der Waals surface area contributed by atoms with Crippen molar-refractivity contribution in [3.63, 3.8) is 0 Å². The summed E-state index contributed by atoms with van der Waals surface area (Å²) in [6, 6.07) is 23.3.